The van der Waals surface area contributed by atoms with Gasteiger partial charge < -0.3 is 19.9 Å². The minimum atomic E-state index is -0.504. The van der Waals surface area contributed by atoms with Gasteiger partial charge in [0, 0.05) is 11.3 Å². The molecule has 0 saturated carbocycles. The van der Waals surface area contributed by atoms with E-state index in [4.69, 9.17) is 0 Å². The molecule has 116 valence electrons. The van der Waals surface area contributed by atoms with E-state index in [0.717, 1.165) is 37.1 Å². The summed E-state index contributed by atoms with van der Waals surface area (Å²) in [4.78, 5) is 26.9. The summed E-state index contributed by atoms with van der Waals surface area (Å²) in [7, 11) is 6.07. The number of H-pyrrole nitrogens is 1. The lowest BCUT2D eigenvalue weighted by Gasteiger charge is -2.24. The minimum Gasteiger partial charge on any atom is -0.507 e. The Bertz CT molecular complexity index is 599. The average Bonchev–Trinajstić information content (AvgIpc) is 2.37. The van der Waals surface area contributed by atoms with Gasteiger partial charge in [-0.3, -0.25) is 9.59 Å². The molecule has 0 aliphatic heterocycles. The molecule has 1 aliphatic carbocycles. The first-order chi connectivity index (χ1) is 9.79. The Hall–Kier alpha value is -1.82. The Morgan fingerprint density at radius 1 is 1.29 bits per heavy atom. The molecule has 1 heterocycles. The Morgan fingerprint density at radius 2 is 1.95 bits per heavy atom. The van der Waals surface area contributed by atoms with E-state index in [1.54, 1.807) is 0 Å². The number of aromatic nitrogens is 1. The second-order valence-corrected chi connectivity index (χ2v) is 6.61. The molecule has 0 aromatic carbocycles. The number of hydrogen-bond donors (Lipinski definition) is 3. The zero-order valence-corrected chi connectivity index (χ0v) is 13.0. The van der Waals surface area contributed by atoms with Crippen molar-refractivity contribution in [2.45, 2.75) is 25.7 Å². The Kier molecular flexibility index (Phi) is 4.37. The highest BCUT2D eigenvalue weighted by atomic mass is 16.3. The summed E-state index contributed by atoms with van der Waals surface area (Å²) < 4.78 is 0.715. The number of amides is 1. The number of nitrogens with zero attached hydrogens (tertiary/aromatic N) is 1. The maximum atomic E-state index is 12.2. The van der Waals surface area contributed by atoms with Crippen LogP contribution in [0.25, 0.3) is 0 Å². The number of carbonyl (C=O) groups is 1. The molecule has 1 aromatic rings. The van der Waals surface area contributed by atoms with E-state index in [0.29, 0.717) is 17.4 Å². The Balaban J connectivity index is 2.20. The predicted octanol–water partition coefficient (Wildman–Crippen LogP) is 0.395. The second kappa shape index (κ2) is 5.89. The zero-order chi connectivity index (χ0) is 15.6. The van der Waals surface area contributed by atoms with E-state index in [1.807, 2.05) is 21.1 Å². The molecule has 0 radical (unpaired) electrons. The van der Waals surface area contributed by atoms with Gasteiger partial charge in [0.05, 0.1) is 34.2 Å². The van der Waals surface area contributed by atoms with Crippen LogP contribution in [0.3, 0.4) is 0 Å². The lowest BCUT2D eigenvalue weighted by molar-refractivity contribution is -0.869. The fourth-order valence-electron chi connectivity index (χ4n) is 2.57. The van der Waals surface area contributed by atoms with Crippen molar-refractivity contribution in [3.63, 3.8) is 0 Å². The lowest BCUT2D eigenvalue weighted by Crippen LogP contribution is -2.42. The number of rotatable bonds is 4. The number of likely N-dealkylation sites (N-methyl/N-ethyl adjacent to an activating group) is 1. The smallest absolute Gasteiger partial charge is 0.264 e. The number of aromatic hydroxyl groups is 1. The zero-order valence-electron chi connectivity index (χ0n) is 13.0. The third-order valence-electron chi connectivity index (χ3n) is 3.78. The molecule has 21 heavy (non-hydrogen) atoms. The third kappa shape index (κ3) is 3.64. The lowest BCUT2D eigenvalue weighted by atomic mass is 9.93. The average molecular weight is 294 g/mol. The molecule has 0 bridgehead atoms. The van der Waals surface area contributed by atoms with Crippen molar-refractivity contribution in [2.24, 2.45) is 0 Å². The minimum absolute atomic E-state index is 0.142. The van der Waals surface area contributed by atoms with Gasteiger partial charge in [-0.2, -0.15) is 0 Å². The van der Waals surface area contributed by atoms with Crippen LogP contribution in [0.1, 0.15) is 34.5 Å². The van der Waals surface area contributed by atoms with Gasteiger partial charge in [0.1, 0.15) is 11.3 Å². The monoisotopic (exact) mass is 294 g/mol. The quantitative estimate of drug-likeness (QED) is 0.703. The van der Waals surface area contributed by atoms with E-state index in [2.05, 4.69) is 10.3 Å². The molecule has 0 unspecified atom stereocenters. The van der Waals surface area contributed by atoms with Gasteiger partial charge in [-0.1, -0.05) is 0 Å². The summed E-state index contributed by atoms with van der Waals surface area (Å²) in [6, 6.07) is 0. The van der Waals surface area contributed by atoms with E-state index in [1.165, 1.54) is 0 Å². The summed E-state index contributed by atoms with van der Waals surface area (Å²) in [6.07, 6.45) is 3.42. The van der Waals surface area contributed by atoms with E-state index < -0.39 is 11.5 Å². The van der Waals surface area contributed by atoms with Crippen LogP contribution >= 0.6 is 0 Å². The van der Waals surface area contributed by atoms with Gasteiger partial charge in [0.2, 0.25) is 0 Å². The standard InChI is InChI=1S/C15H23N3O3/c1-18(2,3)9-8-16-14(20)12-13(19)10-6-4-5-7-11(10)17-15(12)21/h4-9H2,1-3H3,(H2-,16,17,19,20,21)/p+1. The molecule has 0 atom stereocenters. The van der Waals surface area contributed by atoms with Crippen molar-refractivity contribution >= 4 is 5.91 Å². The van der Waals surface area contributed by atoms with Crippen LogP contribution in [0, 0.1) is 0 Å². The van der Waals surface area contributed by atoms with Crippen molar-refractivity contribution < 1.29 is 14.4 Å². The molecular weight excluding hydrogens is 270 g/mol. The molecule has 3 N–H and O–H groups in total. The first-order valence-electron chi connectivity index (χ1n) is 7.35. The fourth-order valence-corrected chi connectivity index (χ4v) is 2.57. The molecule has 0 fully saturated rings. The predicted molar refractivity (Wildman–Crippen MR) is 80.6 cm³/mol. The number of fused-ring (bicyclic) bond motifs is 1. The highest BCUT2D eigenvalue weighted by Crippen LogP contribution is 2.28. The summed E-state index contributed by atoms with van der Waals surface area (Å²) >= 11 is 0. The first-order valence-corrected chi connectivity index (χ1v) is 7.35. The van der Waals surface area contributed by atoms with Crippen molar-refractivity contribution in [1.29, 1.82) is 0 Å². The van der Waals surface area contributed by atoms with Crippen LogP contribution < -0.4 is 10.9 Å². The van der Waals surface area contributed by atoms with Crippen LogP contribution in [0.2, 0.25) is 0 Å². The van der Waals surface area contributed by atoms with E-state index in [9.17, 15) is 14.7 Å². The number of aromatic amines is 1. The molecule has 2 rings (SSSR count). The summed E-state index contributed by atoms with van der Waals surface area (Å²) in [5, 5.41) is 13.0. The summed E-state index contributed by atoms with van der Waals surface area (Å²) in [6.45, 7) is 1.20. The van der Waals surface area contributed by atoms with Crippen molar-refractivity contribution in [3.05, 3.63) is 27.2 Å². The molecule has 1 amide bonds. The van der Waals surface area contributed by atoms with Gasteiger partial charge >= 0.3 is 0 Å². The number of hydrogen-bond acceptors (Lipinski definition) is 3. The number of quaternary nitrogens is 1. The molecule has 6 nitrogen and oxygen atoms in total. The molecule has 1 aromatic heterocycles. The SMILES string of the molecule is C[N+](C)(C)CCNC(=O)c1c(O)c2c([nH]c1=O)CCCC2. The maximum absolute atomic E-state index is 12.2. The van der Waals surface area contributed by atoms with Crippen molar-refractivity contribution in [1.82, 2.24) is 10.3 Å². The third-order valence-corrected chi connectivity index (χ3v) is 3.78. The molecule has 6 heteroatoms. The molecule has 1 aliphatic rings. The van der Waals surface area contributed by atoms with E-state index in [-0.39, 0.29) is 11.3 Å². The first kappa shape index (κ1) is 15.6. The summed E-state index contributed by atoms with van der Waals surface area (Å²) in [5.74, 6) is -0.647. The van der Waals surface area contributed by atoms with Gasteiger partial charge in [0.15, 0.2) is 0 Å². The number of aryl methyl sites for hydroxylation is 1. The van der Waals surface area contributed by atoms with Crippen LogP contribution in [-0.4, -0.2) is 54.7 Å². The Morgan fingerprint density at radius 3 is 2.62 bits per heavy atom. The van der Waals surface area contributed by atoms with Crippen molar-refractivity contribution in [2.75, 3.05) is 34.2 Å². The molecular formula is C15H24N3O3+. The molecule has 0 spiro atoms. The number of pyridine rings is 1. The number of nitrogens with one attached hydrogen (secondary N) is 2. The second-order valence-electron chi connectivity index (χ2n) is 6.61. The topological polar surface area (TPSA) is 82.2 Å². The van der Waals surface area contributed by atoms with Crippen LogP contribution in [0.4, 0.5) is 0 Å². The van der Waals surface area contributed by atoms with Crippen LogP contribution in [-0.2, 0) is 12.8 Å². The summed E-state index contributed by atoms with van der Waals surface area (Å²) in [5.41, 5.74) is 0.831. The molecule has 0 saturated heterocycles. The largest absolute Gasteiger partial charge is 0.507 e. The highest BCUT2D eigenvalue weighted by Gasteiger charge is 2.24. The van der Waals surface area contributed by atoms with Gasteiger partial charge in [-0.05, 0) is 25.7 Å². The maximum Gasteiger partial charge on any atom is 0.264 e. The Labute approximate surface area is 124 Å². The fraction of sp³-hybridized carbons (Fsp3) is 0.600. The van der Waals surface area contributed by atoms with Gasteiger partial charge in [-0.15, -0.1) is 0 Å². The van der Waals surface area contributed by atoms with Gasteiger partial charge in [0.25, 0.3) is 11.5 Å². The van der Waals surface area contributed by atoms with Gasteiger partial charge in [-0.25, -0.2) is 0 Å². The van der Waals surface area contributed by atoms with E-state index >= 15 is 0 Å². The van der Waals surface area contributed by atoms with Crippen molar-refractivity contribution in [3.8, 4) is 5.75 Å². The van der Waals surface area contributed by atoms with Crippen LogP contribution in [0.5, 0.6) is 5.75 Å². The highest BCUT2D eigenvalue weighted by molar-refractivity contribution is 5.96. The number of carbonyl (C=O) groups excluding carboxylic acids is 1. The van der Waals surface area contributed by atoms with Crippen LogP contribution in [0.15, 0.2) is 4.79 Å². The normalized spacial score (nSPS) is 14.6.